The zero-order valence-electron chi connectivity index (χ0n) is 7.62. The van der Waals surface area contributed by atoms with Crippen LogP contribution >= 0.6 is 0 Å². The summed E-state index contributed by atoms with van der Waals surface area (Å²) in [6.07, 6.45) is 1.32. The summed E-state index contributed by atoms with van der Waals surface area (Å²) in [4.78, 5) is 13.3. The largest absolute Gasteiger partial charge is 0.505 e. The highest BCUT2D eigenvalue weighted by atomic mass is 19.1. The van der Waals surface area contributed by atoms with Crippen LogP contribution in [0.5, 0.6) is 5.75 Å². The first kappa shape index (κ1) is 9.51. The standard InChI is InChI=1S/C10H8FNO3/c11-7-2-6-5(1-10(14)15)4-12-8(6)3-9(7)13/h2-4,12-13H,1H2,(H,14,15). The number of nitrogens with one attached hydrogen (secondary N) is 1. The number of hydrogen-bond donors (Lipinski definition) is 3. The van der Waals surface area contributed by atoms with Crippen molar-refractivity contribution in [2.24, 2.45) is 0 Å². The second-order valence-corrected chi connectivity index (χ2v) is 3.23. The van der Waals surface area contributed by atoms with Gasteiger partial charge >= 0.3 is 5.97 Å². The summed E-state index contributed by atoms with van der Waals surface area (Å²) in [5.41, 5.74) is 1.02. The number of aromatic amines is 1. The molecule has 1 heterocycles. The highest BCUT2D eigenvalue weighted by molar-refractivity contribution is 5.87. The van der Waals surface area contributed by atoms with Crippen molar-refractivity contribution in [1.29, 1.82) is 0 Å². The first-order valence-electron chi connectivity index (χ1n) is 4.28. The summed E-state index contributed by atoms with van der Waals surface area (Å²) in [5.74, 6) is -2.19. The van der Waals surface area contributed by atoms with E-state index < -0.39 is 17.5 Å². The monoisotopic (exact) mass is 209 g/mol. The zero-order valence-corrected chi connectivity index (χ0v) is 7.62. The number of phenolic OH excluding ortho intramolecular Hbond substituents is 1. The van der Waals surface area contributed by atoms with Crippen molar-refractivity contribution in [3.05, 3.63) is 29.7 Å². The van der Waals surface area contributed by atoms with Gasteiger partial charge in [-0.1, -0.05) is 0 Å². The molecule has 0 bridgehead atoms. The topological polar surface area (TPSA) is 73.3 Å². The molecule has 15 heavy (non-hydrogen) atoms. The van der Waals surface area contributed by atoms with Gasteiger partial charge in [0.1, 0.15) is 0 Å². The SMILES string of the molecule is O=C(O)Cc1c[nH]c2cc(O)c(F)cc12. The molecule has 0 saturated carbocycles. The second kappa shape index (κ2) is 3.27. The van der Waals surface area contributed by atoms with Crippen molar-refractivity contribution in [3.8, 4) is 5.75 Å². The van der Waals surface area contributed by atoms with E-state index in [0.717, 1.165) is 6.07 Å². The Kier molecular flexibility index (Phi) is 2.07. The van der Waals surface area contributed by atoms with Gasteiger partial charge in [0.15, 0.2) is 11.6 Å². The van der Waals surface area contributed by atoms with E-state index >= 15 is 0 Å². The summed E-state index contributed by atoms with van der Waals surface area (Å²) < 4.78 is 13.0. The molecule has 0 fully saturated rings. The van der Waals surface area contributed by atoms with E-state index in [9.17, 15) is 9.18 Å². The Morgan fingerprint density at radius 3 is 2.87 bits per heavy atom. The predicted molar refractivity (Wildman–Crippen MR) is 51.3 cm³/mol. The normalized spacial score (nSPS) is 10.7. The molecular formula is C10H8FNO3. The summed E-state index contributed by atoms with van der Waals surface area (Å²) in [7, 11) is 0. The fourth-order valence-corrected chi connectivity index (χ4v) is 1.50. The lowest BCUT2D eigenvalue weighted by Crippen LogP contribution is -1.98. The molecule has 0 unspecified atom stereocenters. The third-order valence-electron chi connectivity index (χ3n) is 2.18. The summed E-state index contributed by atoms with van der Waals surface area (Å²) >= 11 is 0. The molecule has 3 N–H and O–H groups in total. The van der Waals surface area contributed by atoms with Crippen molar-refractivity contribution in [1.82, 2.24) is 4.98 Å². The smallest absolute Gasteiger partial charge is 0.307 e. The maximum absolute atomic E-state index is 13.0. The first-order valence-corrected chi connectivity index (χ1v) is 4.28. The fourth-order valence-electron chi connectivity index (χ4n) is 1.50. The van der Waals surface area contributed by atoms with E-state index in [-0.39, 0.29) is 6.42 Å². The van der Waals surface area contributed by atoms with Gasteiger partial charge in [0.25, 0.3) is 0 Å². The molecule has 0 atom stereocenters. The van der Waals surface area contributed by atoms with Gasteiger partial charge in [-0.25, -0.2) is 4.39 Å². The van der Waals surface area contributed by atoms with E-state index in [1.165, 1.54) is 12.3 Å². The van der Waals surface area contributed by atoms with Crippen LogP contribution in [0, 0.1) is 5.82 Å². The Bertz CT molecular complexity index is 533. The average molecular weight is 209 g/mol. The molecule has 2 aromatic rings. The lowest BCUT2D eigenvalue weighted by molar-refractivity contribution is -0.136. The lowest BCUT2D eigenvalue weighted by atomic mass is 10.1. The van der Waals surface area contributed by atoms with Gasteiger partial charge in [-0.3, -0.25) is 4.79 Å². The number of aromatic nitrogens is 1. The van der Waals surface area contributed by atoms with E-state index in [0.29, 0.717) is 16.5 Å². The third-order valence-corrected chi connectivity index (χ3v) is 2.18. The summed E-state index contributed by atoms with van der Waals surface area (Å²) in [6, 6.07) is 2.36. The summed E-state index contributed by atoms with van der Waals surface area (Å²) in [6.45, 7) is 0. The molecule has 0 radical (unpaired) electrons. The maximum atomic E-state index is 13.0. The lowest BCUT2D eigenvalue weighted by Gasteiger charge is -1.97. The van der Waals surface area contributed by atoms with Crippen molar-refractivity contribution >= 4 is 16.9 Å². The molecule has 0 aliphatic carbocycles. The Morgan fingerprint density at radius 1 is 1.47 bits per heavy atom. The van der Waals surface area contributed by atoms with Crippen molar-refractivity contribution in [3.63, 3.8) is 0 Å². The number of phenols is 1. The minimum atomic E-state index is -0.982. The number of fused-ring (bicyclic) bond motifs is 1. The highest BCUT2D eigenvalue weighted by Crippen LogP contribution is 2.25. The Labute approximate surface area is 84.0 Å². The van der Waals surface area contributed by atoms with Crippen molar-refractivity contribution in [2.45, 2.75) is 6.42 Å². The summed E-state index contributed by atoms with van der Waals surface area (Å²) in [5, 5.41) is 18.2. The maximum Gasteiger partial charge on any atom is 0.307 e. The zero-order chi connectivity index (χ0) is 11.0. The number of carboxylic acids is 1. The minimum absolute atomic E-state index is 0.176. The molecule has 4 nitrogen and oxygen atoms in total. The molecule has 0 amide bonds. The Balaban J connectivity index is 2.59. The van der Waals surface area contributed by atoms with Gasteiger partial charge < -0.3 is 15.2 Å². The third kappa shape index (κ3) is 1.63. The van der Waals surface area contributed by atoms with Crippen LogP contribution in [-0.2, 0) is 11.2 Å². The highest BCUT2D eigenvalue weighted by Gasteiger charge is 2.10. The molecule has 78 valence electrons. The van der Waals surface area contributed by atoms with Crippen LogP contribution in [-0.4, -0.2) is 21.2 Å². The number of halogens is 1. The molecule has 0 aliphatic heterocycles. The Hall–Kier alpha value is -2.04. The van der Waals surface area contributed by atoms with Crippen LogP contribution in [0.25, 0.3) is 10.9 Å². The van der Waals surface area contributed by atoms with Crippen LogP contribution in [0.1, 0.15) is 5.56 Å². The first-order chi connectivity index (χ1) is 7.08. The molecule has 0 saturated heterocycles. The fraction of sp³-hybridized carbons (Fsp3) is 0.100. The van der Waals surface area contributed by atoms with Crippen LogP contribution in [0.4, 0.5) is 4.39 Å². The molecule has 5 heteroatoms. The van der Waals surface area contributed by atoms with Crippen LogP contribution in [0.2, 0.25) is 0 Å². The Morgan fingerprint density at radius 2 is 2.20 bits per heavy atom. The molecule has 1 aromatic heterocycles. The molecule has 1 aromatic carbocycles. The van der Waals surface area contributed by atoms with E-state index in [1.807, 2.05) is 0 Å². The van der Waals surface area contributed by atoms with Gasteiger partial charge in [-0.2, -0.15) is 0 Å². The van der Waals surface area contributed by atoms with Gasteiger partial charge in [-0.15, -0.1) is 0 Å². The molecule has 2 rings (SSSR count). The average Bonchev–Trinajstić information content (AvgIpc) is 2.49. The number of hydrogen-bond acceptors (Lipinski definition) is 2. The number of rotatable bonds is 2. The molecule has 0 spiro atoms. The second-order valence-electron chi connectivity index (χ2n) is 3.23. The van der Waals surface area contributed by atoms with Crippen LogP contribution < -0.4 is 0 Å². The van der Waals surface area contributed by atoms with E-state index in [1.54, 1.807) is 0 Å². The number of carbonyl (C=O) groups is 1. The molecule has 0 aliphatic rings. The number of H-pyrrole nitrogens is 1. The van der Waals surface area contributed by atoms with Gasteiger partial charge in [0, 0.05) is 23.2 Å². The van der Waals surface area contributed by atoms with Crippen molar-refractivity contribution in [2.75, 3.05) is 0 Å². The van der Waals surface area contributed by atoms with Crippen LogP contribution in [0.15, 0.2) is 18.3 Å². The molecular weight excluding hydrogens is 201 g/mol. The number of benzene rings is 1. The van der Waals surface area contributed by atoms with Gasteiger partial charge in [-0.05, 0) is 11.6 Å². The van der Waals surface area contributed by atoms with E-state index in [2.05, 4.69) is 4.98 Å². The number of aromatic hydroxyl groups is 1. The number of aliphatic carboxylic acids is 1. The van der Waals surface area contributed by atoms with Gasteiger partial charge in [0.05, 0.1) is 6.42 Å². The quantitative estimate of drug-likeness (QED) is 0.703. The van der Waals surface area contributed by atoms with Gasteiger partial charge in [0.2, 0.25) is 0 Å². The van der Waals surface area contributed by atoms with E-state index in [4.69, 9.17) is 10.2 Å². The number of carboxylic acid groups (broad SMARTS) is 1. The van der Waals surface area contributed by atoms with Crippen molar-refractivity contribution < 1.29 is 19.4 Å². The minimum Gasteiger partial charge on any atom is -0.505 e. The van der Waals surface area contributed by atoms with Crippen LogP contribution in [0.3, 0.4) is 0 Å². The predicted octanol–water partition coefficient (Wildman–Crippen LogP) is 1.64.